The molecule has 2 aromatic heterocycles. The lowest BCUT2D eigenvalue weighted by Gasteiger charge is -2.13. The molecule has 2 heterocycles. The van der Waals surface area contributed by atoms with E-state index in [-0.39, 0.29) is 17.4 Å². The van der Waals surface area contributed by atoms with Crippen LogP contribution in [-0.2, 0) is 16.1 Å². The van der Waals surface area contributed by atoms with Crippen molar-refractivity contribution >= 4 is 29.7 Å². The highest BCUT2D eigenvalue weighted by Gasteiger charge is 2.16. The molecular weight excluding hydrogens is 522 g/mol. The normalized spacial score (nSPS) is 11.8. The smallest absolute Gasteiger partial charge is 0.346 e. The van der Waals surface area contributed by atoms with Gasteiger partial charge >= 0.3 is 11.9 Å². The van der Waals surface area contributed by atoms with Crippen LogP contribution in [0.4, 0.5) is 0 Å². The molecule has 1 atom stereocenters. The number of aryl methyl sites for hydroxylation is 2. The Labute approximate surface area is 230 Å². The first kappa shape index (κ1) is 27.5. The van der Waals surface area contributed by atoms with Gasteiger partial charge in [-0.2, -0.15) is 5.10 Å². The molecule has 0 bridgehead atoms. The summed E-state index contributed by atoms with van der Waals surface area (Å²) in [6.07, 6.45) is 0.615. The van der Waals surface area contributed by atoms with Gasteiger partial charge in [-0.15, -0.1) is 0 Å². The molecule has 2 aromatic carbocycles. The first-order valence-electron chi connectivity index (χ1n) is 12.1. The topological polar surface area (TPSA) is 104 Å². The fourth-order valence-electron chi connectivity index (χ4n) is 3.82. The number of hydrogen-bond donors (Lipinski definition) is 1. The standard InChI is InChI=1S/C29H28ClN3O6/c1-18-5-6-19(2)33(18)22-8-10-23(11-9-22)37-17-24-12-14-27(39-24)28(34)32-31-16-21-7-13-26(25(30)15-21)38-20(3)29(35)36-4/h5-16,20H,17H2,1-4H3,(H,32,34)/b31-16+/t20-/m0/s1. The number of benzene rings is 2. The van der Waals surface area contributed by atoms with Gasteiger partial charge in [-0.25, -0.2) is 10.2 Å². The molecule has 0 aliphatic rings. The minimum atomic E-state index is -0.806. The predicted octanol–water partition coefficient (Wildman–Crippen LogP) is 5.62. The van der Waals surface area contributed by atoms with E-state index in [4.69, 9.17) is 25.5 Å². The number of amides is 1. The molecule has 202 valence electrons. The molecule has 1 N–H and O–H groups in total. The summed E-state index contributed by atoms with van der Waals surface area (Å²) in [7, 11) is 1.28. The summed E-state index contributed by atoms with van der Waals surface area (Å²) in [6, 6.07) is 20.0. The minimum absolute atomic E-state index is 0.0956. The van der Waals surface area contributed by atoms with E-state index in [1.807, 2.05) is 24.3 Å². The number of furan rings is 1. The number of hydrogen-bond acceptors (Lipinski definition) is 7. The van der Waals surface area contributed by atoms with Crippen LogP contribution in [0, 0.1) is 13.8 Å². The Balaban J connectivity index is 1.28. The van der Waals surface area contributed by atoms with Crippen molar-refractivity contribution in [2.45, 2.75) is 33.5 Å². The third kappa shape index (κ3) is 6.88. The lowest BCUT2D eigenvalue weighted by atomic mass is 10.2. The van der Waals surface area contributed by atoms with E-state index in [1.54, 1.807) is 37.3 Å². The van der Waals surface area contributed by atoms with Crippen LogP contribution in [0.5, 0.6) is 11.5 Å². The monoisotopic (exact) mass is 549 g/mol. The zero-order chi connectivity index (χ0) is 27.9. The van der Waals surface area contributed by atoms with Crippen molar-refractivity contribution in [3.05, 3.63) is 100 Å². The Bertz CT molecular complexity index is 1470. The second-order valence-corrected chi connectivity index (χ2v) is 9.08. The highest BCUT2D eigenvalue weighted by Crippen LogP contribution is 2.26. The molecule has 0 saturated carbocycles. The predicted molar refractivity (Wildman–Crippen MR) is 147 cm³/mol. The van der Waals surface area contributed by atoms with Crippen LogP contribution in [0.1, 0.15) is 40.2 Å². The molecule has 0 radical (unpaired) electrons. The highest BCUT2D eigenvalue weighted by molar-refractivity contribution is 6.32. The summed E-state index contributed by atoms with van der Waals surface area (Å²) >= 11 is 6.22. The second-order valence-electron chi connectivity index (χ2n) is 8.67. The Morgan fingerprint density at radius 3 is 2.44 bits per heavy atom. The largest absolute Gasteiger partial charge is 0.486 e. The van der Waals surface area contributed by atoms with Gasteiger partial charge in [-0.05, 0) is 93.1 Å². The quantitative estimate of drug-likeness (QED) is 0.156. The first-order chi connectivity index (χ1) is 18.7. The molecule has 0 saturated heterocycles. The van der Waals surface area contributed by atoms with Crippen LogP contribution in [0.15, 0.2) is 76.2 Å². The zero-order valence-corrected chi connectivity index (χ0v) is 22.7. The Hall–Kier alpha value is -4.50. The van der Waals surface area contributed by atoms with E-state index >= 15 is 0 Å². The van der Waals surface area contributed by atoms with Crippen molar-refractivity contribution in [2.24, 2.45) is 5.10 Å². The molecule has 0 fully saturated rings. The average molecular weight is 550 g/mol. The number of esters is 1. The molecule has 10 heteroatoms. The summed E-state index contributed by atoms with van der Waals surface area (Å²) in [6.45, 7) is 5.85. The Morgan fingerprint density at radius 2 is 1.77 bits per heavy atom. The summed E-state index contributed by atoms with van der Waals surface area (Å²) in [5, 5.41) is 4.22. The molecule has 1 amide bonds. The van der Waals surface area contributed by atoms with Crippen molar-refractivity contribution in [3.63, 3.8) is 0 Å². The molecule has 9 nitrogen and oxygen atoms in total. The van der Waals surface area contributed by atoms with Gasteiger partial charge in [0.2, 0.25) is 0 Å². The maximum absolute atomic E-state index is 12.4. The first-order valence-corrected chi connectivity index (χ1v) is 12.5. The number of carbonyl (C=O) groups excluding carboxylic acids is 2. The SMILES string of the molecule is COC(=O)[C@H](C)Oc1ccc(/C=N/NC(=O)c2ccc(COc3ccc(-n4c(C)ccc4C)cc3)o2)cc1Cl. The molecule has 4 aromatic rings. The van der Waals surface area contributed by atoms with Gasteiger partial charge in [-0.3, -0.25) is 4.79 Å². The zero-order valence-electron chi connectivity index (χ0n) is 21.9. The average Bonchev–Trinajstić information content (AvgIpc) is 3.54. The van der Waals surface area contributed by atoms with Gasteiger partial charge in [0.05, 0.1) is 18.3 Å². The van der Waals surface area contributed by atoms with Gasteiger partial charge in [-0.1, -0.05) is 11.6 Å². The summed E-state index contributed by atoms with van der Waals surface area (Å²) in [5.74, 6) is 0.565. The van der Waals surface area contributed by atoms with Crippen LogP contribution in [0.3, 0.4) is 0 Å². The number of nitrogens with zero attached hydrogens (tertiary/aromatic N) is 2. The third-order valence-electron chi connectivity index (χ3n) is 5.81. The molecule has 0 unspecified atom stereocenters. The van der Waals surface area contributed by atoms with Gasteiger partial charge < -0.3 is 23.2 Å². The molecule has 4 rings (SSSR count). The lowest BCUT2D eigenvalue weighted by Crippen LogP contribution is -2.25. The van der Waals surface area contributed by atoms with Crippen LogP contribution >= 0.6 is 11.6 Å². The van der Waals surface area contributed by atoms with E-state index < -0.39 is 18.0 Å². The number of hydrazone groups is 1. The van der Waals surface area contributed by atoms with Crippen molar-refractivity contribution in [2.75, 3.05) is 7.11 Å². The van der Waals surface area contributed by atoms with Crippen LogP contribution in [-0.4, -0.2) is 35.9 Å². The summed E-state index contributed by atoms with van der Waals surface area (Å²) in [5.41, 5.74) is 6.39. The van der Waals surface area contributed by atoms with E-state index in [9.17, 15) is 9.59 Å². The number of carbonyl (C=O) groups is 2. The minimum Gasteiger partial charge on any atom is -0.486 e. The Kier molecular flexibility index (Phi) is 8.73. The van der Waals surface area contributed by atoms with Gasteiger partial charge in [0.25, 0.3) is 0 Å². The lowest BCUT2D eigenvalue weighted by molar-refractivity contribution is -0.147. The molecule has 39 heavy (non-hydrogen) atoms. The highest BCUT2D eigenvalue weighted by atomic mass is 35.5. The van der Waals surface area contributed by atoms with Crippen LogP contribution in [0.25, 0.3) is 5.69 Å². The van der Waals surface area contributed by atoms with Crippen LogP contribution in [0.2, 0.25) is 5.02 Å². The Morgan fingerprint density at radius 1 is 1.05 bits per heavy atom. The van der Waals surface area contributed by atoms with Crippen molar-refractivity contribution in [3.8, 4) is 17.2 Å². The van der Waals surface area contributed by atoms with Crippen molar-refractivity contribution < 1.29 is 28.2 Å². The third-order valence-corrected chi connectivity index (χ3v) is 6.10. The fraction of sp³-hybridized carbons (Fsp3) is 0.207. The number of halogens is 1. The van der Waals surface area contributed by atoms with E-state index in [2.05, 4.69) is 45.8 Å². The van der Waals surface area contributed by atoms with E-state index in [0.717, 1.165) is 17.1 Å². The number of rotatable bonds is 10. The van der Waals surface area contributed by atoms with Gasteiger partial charge in [0.1, 0.15) is 23.9 Å². The number of methoxy groups -OCH3 is 1. The summed E-state index contributed by atoms with van der Waals surface area (Å²) in [4.78, 5) is 23.9. The molecular formula is C29H28ClN3O6. The summed E-state index contributed by atoms with van der Waals surface area (Å²) < 4.78 is 23.7. The maximum atomic E-state index is 12.4. The van der Waals surface area contributed by atoms with Gasteiger partial charge in [0, 0.05) is 17.1 Å². The maximum Gasteiger partial charge on any atom is 0.346 e. The molecule has 0 spiro atoms. The molecule has 0 aliphatic carbocycles. The number of aromatic nitrogens is 1. The number of nitrogens with one attached hydrogen (secondary N) is 1. The van der Waals surface area contributed by atoms with Crippen molar-refractivity contribution in [1.82, 2.24) is 9.99 Å². The molecule has 0 aliphatic heterocycles. The van der Waals surface area contributed by atoms with Crippen molar-refractivity contribution in [1.29, 1.82) is 0 Å². The van der Waals surface area contributed by atoms with Gasteiger partial charge in [0.15, 0.2) is 11.9 Å². The number of ether oxygens (including phenoxy) is 3. The fourth-order valence-corrected chi connectivity index (χ4v) is 4.05. The van der Waals surface area contributed by atoms with Crippen LogP contribution < -0.4 is 14.9 Å². The van der Waals surface area contributed by atoms with E-state index in [1.165, 1.54) is 13.3 Å². The second kappa shape index (κ2) is 12.4. The van der Waals surface area contributed by atoms with E-state index in [0.29, 0.717) is 22.8 Å².